The van der Waals surface area contributed by atoms with Gasteiger partial charge in [-0.25, -0.2) is 4.79 Å². The number of rotatable bonds is 10. The number of benzene rings is 1. The number of terminal acetylenes is 1. The molecule has 0 unspecified atom stereocenters. The minimum absolute atomic E-state index is 0.0987. The van der Waals surface area contributed by atoms with E-state index in [0.29, 0.717) is 23.9 Å². The third kappa shape index (κ3) is 7.49. The molecule has 0 aromatic heterocycles. The van der Waals surface area contributed by atoms with Crippen molar-refractivity contribution in [1.29, 1.82) is 0 Å². The third-order valence-corrected chi connectivity index (χ3v) is 3.73. The van der Waals surface area contributed by atoms with Gasteiger partial charge < -0.3 is 18.9 Å². The van der Waals surface area contributed by atoms with Crippen molar-refractivity contribution in [3.8, 4) is 29.6 Å². The van der Waals surface area contributed by atoms with Crippen LogP contribution in [0.3, 0.4) is 0 Å². The summed E-state index contributed by atoms with van der Waals surface area (Å²) in [4.78, 5) is 12.0. The van der Waals surface area contributed by atoms with Gasteiger partial charge in [-0.1, -0.05) is 23.1 Å². The Morgan fingerprint density at radius 2 is 1.74 bits per heavy atom. The third-order valence-electron chi connectivity index (χ3n) is 3.73. The normalized spacial score (nSPS) is 10.6. The molecule has 0 aliphatic rings. The van der Waals surface area contributed by atoms with Gasteiger partial charge in [-0.05, 0) is 51.8 Å². The van der Waals surface area contributed by atoms with E-state index in [4.69, 9.17) is 25.4 Å². The largest absolute Gasteiger partial charge is 0.493 e. The fraction of sp³-hybridized carbons (Fsp3) is 0.409. The van der Waals surface area contributed by atoms with Gasteiger partial charge in [-0.2, -0.15) is 0 Å². The van der Waals surface area contributed by atoms with E-state index in [9.17, 15) is 4.79 Å². The summed E-state index contributed by atoms with van der Waals surface area (Å²) in [7, 11) is 3.00. The lowest BCUT2D eigenvalue weighted by molar-refractivity contribution is 0.0556. The fourth-order valence-electron chi connectivity index (χ4n) is 2.29. The number of esters is 1. The van der Waals surface area contributed by atoms with Crippen molar-refractivity contribution in [2.45, 2.75) is 33.6 Å². The molecule has 0 spiro atoms. The highest BCUT2D eigenvalue weighted by Gasteiger charge is 2.18. The summed E-state index contributed by atoms with van der Waals surface area (Å²) in [5.74, 6) is 2.91. The number of allylic oxidation sites excluding steroid dienone is 3. The first kappa shape index (κ1) is 22.2. The van der Waals surface area contributed by atoms with Gasteiger partial charge in [0, 0.05) is 0 Å². The molecule has 0 aliphatic carbocycles. The number of ether oxygens (including phenoxy) is 4. The lowest BCUT2D eigenvalue weighted by Crippen LogP contribution is -2.07. The quantitative estimate of drug-likeness (QED) is 0.342. The average Bonchev–Trinajstić information content (AvgIpc) is 2.65. The summed E-state index contributed by atoms with van der Waals surface area (Å²) in [5, 5.41) is 0. The van der Waals surface area contributed by atoms with Gasteiger partial charge in [0.25, 0.3) is 0 Å². The Morgan fingerprint density at radius 3 is 2.26 bits per heavy atom. The van der Waals surface area contributed by atoms with Crippen molar-refractivity contribution < 1.29 is 23.7 Å². The monoisotopic (exact) mass is 372 g/mol. The molecule has 0 radical (unpaired) electrons. The van der Waals surface area contributed by atoms with Crippen molar-refractivity contribution in [3.05, 3.63) is 41.0 Å². The second-order valence-electron chi connectivity index (χ2n) is 6.17. The first-order valence-corrected chi connectivity index (χ1v) is 8.71. The van der Waals surface area contributed by atoms with Crippen LogP contribution in [0.1, 0.15) is 44.0 Å². The smallest absolute Gasteiger partial charge is 0.339 e. The van der Waals surface area contributed by atoms with Crippen LogP contribution < -0.4 is 14.2 Å². The van der Waals surface area contributed by atoms with Crippen molar-refractivity contribution in [3.63, 3.8) is 0 Å². The first-order valence-electron chi connectivity index (χ1n) is 8.71. The minimum atomic E-state index is -0.550. The van der Waals surface area contributed by atoms with E-state index in [-0.39, 0.29) is 12.2 Å². The van der Waals surface area contributed by atoms with Crippen molar-refractivity contribution in [2.24, 2.45) is 0 Å². The van der Waals surface area contributed by atoms with Crippen molar-refractivity contribution in [2.75, 3.05) is 27.4 Å². The molecule has 0 atom stereocenters. The molecule has 0 N–H and O–H groups in total. The highest BCUT2D eigenvalue weighted by Crippen LogP contribution is 2.38. The predicted octanol–water partition coefficient (Wildman–Crippen LogP) is 4.57. The molecule has 0 fully saturated rings. The van der Waals surface area contributed by atoms with Gasteiger partial charge in [0.15, 0.2) is 18.1 Å². The zero-order chi connectivity index (χ0) is 20.2. The van der Waals surface area contributed by atoms with Gasteiger partial charge in [-0.15, -0.1) is 6.42 Å². The number of hydrogen-bond donors (Lipinski definition) is 0. The van der Waals surface area contributed by atoms with Crippen LogP contribution in [0.25, 0.3) is 0 Å². The molecule has 1 aromatic carbocycles. The highest BCUT2D eigenvalue weighted by molar-refractivity contribution is 5.91. The Morgan fingerprint density at radius 1 is 1.11 bits per heavy atom. The van der Waals surface area contributed by atoms with E-state index in [1.165, 1.54) is 25.4 Å². The Kier molecular flexibility index (Phi) is 9.60. The maximum atomic E-state index is 12.0. The number of carbonyl (C=O) groups excluding carboxylic acids is 1. The molecule has 0 heterocycles. The lowest BCUT2D eigenvalue weighted by atomic mass is 10.1. The maximum Gasteiger partial charge on any atom is 0.339 e. The number of methoxy groups -OCH3 is 2. The van der Waals surface area contributed by atoms with Crippen LogP contribution in [-0.4, -0.2) is 33.4 Å². The van der Waals surface area contributed by atoms with Crippen molar-refractivity contribution in [1.82, 2.24) is 0 Å². The van der Waals surface area contributed by atoms with E-state index in [2.05, 4.69) is 32.8 Å². The van der Waals surface area contributed by atoms with E-state index < -0.39 is 5.97 Å². The molecular weight excluding hydrogens is 344 g/mol. The van der Waals surface area contributed by atoms with Crippen LogP contribution in [0.2, 0.25) is 0 Å². The molecule has 1 rings (SSSR count). The van der Waals surface area contributed by atoms with Gasteiger partial charge in [0.2, 0.25) is 5.75 Å². The Balaban J connectivity index is 2.89. The summed E-state index contributed by atoms with van der Waals surface area (Å²) in [6.45, 7) is 6.52. The van der Waals surface area contributed by atoms with E-state index in [1.807, 2.05) is 6.08 Å². The van der Waals surface area contributed by atoms with Crippen LogP contribution in [0.5, 0.6) is 17.2 Å². The molecule has 0 bridgehead atoms. The van der Waals surface area contributed by atoms with Crippen LogP contribution in [0.4, 0.5) is 0 Å². The molecule has 0 saturated carbocycles. The second kappa shape index (κ2) is 11.7. The molecule has 5 heteroatoms. The summed E-state index contributed by atoms with van der Waals surface area (Å²) in [6.07, 6.45) is 11.3. The highest BCUT2D eigenvalue weighted by atomic mass is 16.5. The number of hydrogen-bond acceptors (Lipinski definition) is 5. The van der Waals surface area contributed by atoms with Crippen LogP contribution in [-0.2, 0) is 4.74 Å². The summed E-state index contributed by atoms with van der Waals surface area (Å²) in [6, 6.07) is 3.09. The van der Waals surface area contributed by atoms with Gasteiger partial charge in [-0.3, -0.25) is 0 Å². The van der Waals surface area contributed by atoms with E-state index in [0.717, 1.165) is 12.8 Å². The molecule has 27 heavy (non-hydrogen) atoms. The Labute approximate surface area is 162 Å². The zero-order valence-electron chi connectivity index (χ0n) is 16.8. The van der Waals surface area contributed by atoms with Crippen LogP contribution in [0.15, 0.2) is 35.4 Å². The van der Waals surface area contributed by atoms with Crippen LogP contribution >= 0.6 is 0 Å². The SMILES string of the molecule is C#CCOC(=O)c1cc(OC)c(OCC=C(C)CCC=C(C)C)c(OC)c1. The van der Waals surface area contributed by atoms with Crippen LogP contribution in [0, 0.1) is 12.3 Å². The minimum Gasteiger partial charge on any atom is -0.493 e. The Hall–Kier alpha value is -2.87. The maximum absolute atomic E-state index is 12.0. The van der Waals surface area contributed by atoms with Gasteiger partial charge in [0.05, 0.1) is 19.8 Å². The molecule has 0 saturated heterocycles. The molecule has 146 valence electrons. The molecule has 0 aliphatic heterocycles. The van der Waals surface area contributed by atoms with E-state index >= 15 is 0 Å². The van der Waals surface area contributed by atoms with Gasteiger partial charge in [0.1, 0.15) is 6.61 Å². The van der Waals surface area contributed by atoms with E-state index in [1.54, 1.807) is 12.1 Å². The van der Waals surface area contributed by atoms with Gasteiger partial charge >= 0.3 is 5.97 Å². The molecule has 0 amide bonds. The first-order chi connectivity index (χ1) is 12.9. The fourth-order valence-corrected chi connectivity index (χ4v) is 2.29. The summed E-state index contributed by atoms with van der Waals surface area (Å²) < 4.78 is 21.5. The Bertz CT molecular complexity index is 709. The molecular formula is C22H28O5. The molecule has 1 aromatic rings. The average molecular weight is 372 g/mol. The second-order valence-corrected chi connectivity index (χ2v) is 6.17. The van der Waals surface area contributed by atoms with Crippen molar-refractivity contribution >= 4 is 5.97 Å². The summed E-state index contributed by atoms with van der Waals surface area (Å²) >= 11 is 0. The standard InChI is InChI=1S/C22H28O5/c1-7-12-27-22(23)18-14-19(24-5)21(20(15-18)25-6)26-13-11-17(4)10-8-9-16(2)3/h1,9,11,14-15H,8,10,12-13H2,2-6H3. The summed E-state index contributed by atoms with van der Waals surface area (Å²) in [5.41, 5.74) is 2.83. The number of carbonyl (C=O) groups is 1. The lowest BCUT2D eigenvalue weighted by Gasteiger charge is -2.15. The zero-order valence-corrected chi connectivity index (χ0v) is 16.8. The predicted molar refractivity (Wildman–Crippen MR) is 107 cm³/mol. The molecule has 5 nitrogen and oxygen atoms in total. The topological polar surface area (TPSA) is 54.0 Å².